The maximum atomic E-state index is 13.2. The average molecular weight is 380 g/mol. The van der Waals surface area contributed by atoms with Gasteiger partial charge in [-0.3, -0.25) is 4.79 Å². The molecule has 0 unspecified atom stereocenters. The predicted octanol–water partition coefficient (Wildman–Crippen LogP) is 4.67. The lowest BCUT2D eigenvalue weighted by Gasteiger charge is -2.24. The summed E-state index contributed by atoms with van der Waals surface area (Å²) in [5, 5.41) is 1.03. The van der Waals surface area contributed by atoms with Crippen LogP contribution in [0, 0.1) is 0 Å². The van der Waals surface area contributed by atoms with E-state index in [0.29, 0.717) is 18.1 Å². The summed E-state index contributed by atoms with van der Waals surface area (Å²) in [5.41, 5.74) is 3.17. The summed E-state index contributed by atoms with van der Waals surface area (Å²) in [7, 11) is 0. The van der Waals surface area contributed by atoms with Crippen LogP contribution in [0.5, 0.6) is 0 Å². The first-order valence-corrected chi connectivity index (χ1v) is 9.85. The van der Waals surface area contributed by atoms with Gasteiger partial charge in [0.15, 0.2) is 5.82 Å². The van der Waals surface area contributed by atoms with Gasteiger partial charge in [-0.15, -0.1) is 0 Å². The number of benzene rings is 2. The van der Waals surface area contributed by atoms with Gasteiger partial charge in [0.05, 0.1) is 17.3 Å². The molecule has 0 N–H and O–H groups in total. The van der Waals surface area contributed by atoms with E-state index in [1.165, 1.54) is 0 Å². The second-order valence-electron chi connectivity index (χ2n) is 7.22. The average Bonchev–Trinajstić information content (AvgIpc) is 3.29. The number of carbonyl (C=O) groups excluding carboxylic acids is 1. The highest BCUT2D eigenvalue weighted by atomic mass is 16.2. The molecule has 2 aromatic carbocycles. The smallest absolute Gasteiger partial charge is 0.273 e. The van der Waals surface area contributed by atoms with Crippen LogP contribution in [0.25, 0.3) is 22.3 Å². The van der Waals surface area contributed by atoms with Crippen molar-refractivity contribution < 1.29 is 4.79 Å². The van der Waals surface area contributed by atoms with Gasteiger partial charge in [-0.2, -0.15) is 0 Å². The third kappa shape index (κ3) is 3.36. The molecule has 29 heavy (non-hydrogen) atoms. The molecule has 1 fully saturated rings. The largest absolute Gasteiger partial charge is 0.329 e. The number of hydrogen-bond donors (Lipinski definition) is 0. The van der Waals surface area contributed by atoms with E-state index in [-0.39, 0.29) is 11.9 Å². The van der Waals surface area contributed by atoms with Crippen LogP contribution in [-0.4, -0.2) is 32.3 Å². The lowest BCUT2D eigenvalue weighted by molar-refractivity contribution is 0.0727. The van der Waals surface area contributed by atoms with Crippen molar-refractivity contribution in [3.63, 3.8) is 0 Å². The zero-order chi connectivity index (χ0) is 19.6. The van der Waals surface area contributed by atoms with Crippen molar-refractivity contribution in [2.24, 2.45) is 0 Å². The van der Waals surface area contributed by atoms with Gasteiger partial charge < -0.3 is 4.90 Å². The lowest BCUT2D eigenvalue weighted by atomic mass is 10.1. The monoisotopic (exact) mass is 380 g/mol. The minimum atomic E-state index is -0.0544. The summed E-state index contributed by atoms with van der Waals surface area (Å²) in [6, 6.07) is 23.4. The Morgan fingerprint density at radius 2 is 1.72 bits per heavy atom. The number of nitrogens with zero attached hydrogens (tertiary/aromatic N) is 4. The first kappa shape index (κ1) is 17.5. The third-order valence-corrected chi connectivity index (χ3v) is 5.38. The van der Waals surface area contributed by atoms with Crippen molar-refractivity contribution in [3.05, 3.63) is 90.4 Å². The van der Waals surface area contributed by atoms with Crippen LogP contribution in [0.4, 0.5) is 0 Å². The second kappa shape index (κ2) is 7.43. The molecule has 0 saturated carbocycles. The first-order chi connectivity index (χ1) is 14.3. The maximum Gasteiger partial charge on any atom is 0.273 e. The molecule has 0 aliphatic carbocycles. The van der Waals surface area contributed by atoms with Crippen LogP contribution < -0.4 is 0 Å². The molecular formula is C24H20N4O. The fourth-order valence-electron chi connectivity index (χ4n) is 3.93. The van der Waals surface area contributed by atoms with Crippen molar-refractivity contribution in [1.82, 2.24) is 19.9 Å². The van der Waals surface area contributed by atoms with Crippen LogP contribution in [0.1, 0.15) is 35.1 Å². The molecule has 3 heterocycles. The molecule has 5 heteroatoms. The van der Waals surface area contributed by atoms with Gasteiger partial charge >= 0.3 is 0 Å². The van der Waals surface area contributed by atoms with Crippen molar-refractivity contribution in [3.8, 4) is 11.4 Å². The summed E-state index contributed by atoms with van der Waals surface area (Å²) < 4.78 is 0. The van der Waals surface area contributed by atoms with E-state index in [9.17, 15) is 4.79 Å². The fraction of sp³-hybridized carbons (Fsp3) is 0.167. The summed E-state index contributed by atoms with van der Waals surface area (Å²) in [5.74, 6) is 0.643. The van der Waals surface area contributed by atoms with E-state index >= 15 is 0 Å². The number of fused-ring (bicyclic) bond motifs is 1. The van der Waals surface area contributed by atoms with Gasteiger partial charge in [0.25, 0.3) is 5.91 Å². The molecule has 142 valence electrons. The van der Waals surface area contributed by atoms with Crippen LogP contribution in [0.15, 0.2) is 79.0 Å². The van der Waals surface area contributed by atoms with E-state index < -0.39 is 0 Å². The van der Waals surface area contributed by atoms with Gasteiger partial charge in [-0.05, 0) is 31.0 Å². The molecule has 0 spiro atoms. The predicted molar refractivity (Wildman–Crippen MR) is 112 cm³/mol. The number of para-hydroxylation sites is 1. The molecule has 1 aliphatic rings. The second-order valence-corrected chi connectivity index (χ2v) is 7.22. The maximum absolute atomic E-state index is 13.2. The molecule has 2 aromatic heterocycles. The minimum absolute atomic E-state index is 0.0434. The quantitative estimate of drug-likeness (QED) is 0.518. The van der Waals surface area contributed by atoms with Crippen molar-refractivity contribution in [2.75, 3.05) is 6.54 Å². The molecule has 1 amide bonds. The lowest BCUT2D eigenvalue weighted by Crippen LogP contribution is -2.31. The number of pyridine rings is 1. The summed E-state index contributed by atoms with van der Waals surface area (Å²) in [6.07, 6.45) is 3.62. The Labute approximate surface area is 169 Å². The Kier molecular flexibility index (Phi) is 4.48. The van der Waals surface area contributed by atoms with Crippen molar-refractivity contribution >= 4 is 16.8 Å². The van der Waals surface area contributed by atoms with Crippen molar-refractivity contribution in [1.29, 1.82) is 0 Å². The van der Waals surface area contributed by atoms with E-state index in [1.807, 2.05) is 77.7 Å². The van der Waals surface area contributed by atoms with Gasteiger partial charge in [-0.1, -0.05) is 54.6 Å². The first-order valence-electron chi connectivity index (χ1n) is 9.85. The number of amides is 1. The molecule has 1 atom stereocenters. The van der Waals surface area contributed by atoms with E-state index in [1.54, 1.807) is 6.20 Å². The Hall–Kier alpha value is -3.60. The standard InChI is InChI=1S/C24H20N4O/c29-24(21-13-12-17-7-4-5-10-19(17)26-21)28-16-6-11-22(28)20-14-15-25-23(27-20)18-8-2-1-3-9-18/h1-5,7-10,12-15,22H,6,11,16H2/t22-/m1/s1. The SMILES string of the molecule is O=C(c1ccc2ccccc2n1)N1CCC[C@@H]1c1ccnc(-c2ccccc2)n1. The van der Waals surface area contributed by atoms with Crippen LogP contribution in [-0.2, 0) is 0 Å². The summed E-state index contributed by atoms with van der Waals surface area (Å²) >= 11 is 0. The Bertz CT molecular complexity index is 1180. The van der Waals surface area contributed by atoms with E-state index in [2.05, 4.69) is 9.97 Å². The number of hydrogen-bond acceptors (Lipinski definition) is 4. The van der Waals surface area contributed by atoms with Crippen LogP contribution in [0.3, 0.4) is 0 Å². The Morgan fingerprint density at radius 3 is 2.62 bits per heavy atom. The topological polar surface area (TPSA) is 59.0 Å². The summed E-state index contributed by atoms with van der Waals surface area (Å²) in [4.78, 5) is 28.9. The van der Waals surface area contributed by atoms with Gasteiger partial charge in [0.1, 0.15) is 5.69 Å². The zero-order valence-corrected chi connectivity index (χ0v) is 15.9. The zero-order valence-electron chi connectivity index (χ0n) is 15.9. The molecule has 0 radical (unpaired) electrons. The highest BCUT2D eigenvalue weighted by Crippen LogP contribution is 2.32. The molecule has 1 aliphatic heterocycles. The van der Waals surface area contributed by atoms with E-state index in [4.69, 9.17) is 4.98 Å². The minimum Gasteiger partial charge on any atom is -0.329 e. The number of likely N-dealkylation sites (tertiary alicyclic amines) is 1. The normalized spacial score (nSPS) is 16.3. The molecule has 5 nitrogen and oxygen atoms in total. The Balaban J connectivity index is 1.46. The van der Waals surface area contributed by atoms with E-state index in [0.717, 1.165) is 35.0 Å². The van der Waals surface area contributed by atoms with Gasteiger partial charge in [0.2, 0.25) is 0 Å². The molecule has 4 aromatic rings. The summed E-state index contributed by atoms with van der Waals surface area (Å²) in [6.45, 7) is 0.711. The van der Waals surface area contributed by atoms with Gasteiger partial charge in [-0.25, -0.2) is 15.0 Å². The highest BCUT2D eigenvalue weighted by molar-refractivity contribution is 5.95. The number of carbonyl (C=O) groups is 1. The fourth-order valence-corrected chi connectivity index (χ4v) is 3.93. The van der Waals surface area contributed by atoms with Crippen molar-refractivity contribution in [2.45, 2.75) is 18.9 Å². The molecular weight excluding hydrogens is 360 g/mol. The highest BCUT2D eigenvalue weighted by Gasteiger charge is 2.32. The molecule has 5 rings (SSSR count). The number of rotatable bonds is 3. The molecule has 1 saturated heterocycles. The number of aromatic nitrogens is 3. The van der Waals surface area contributed by atoms with Gasteiger partial charge in [0, 0.05) is 23.7 Å². The third-order valence-electron chi connectivity index (χ3n) is 5.38. The Morgan fingerprint density at radius 1 is 0.897 bits per heavy atom. The van der Waals surface area contributed by atoms with Crippen LogP contribution >= 0.6 is 0 Å². The van der Waals surface area contributed by atoms with Crippen LogP contribution in [0.2, 0.25) is 0 Å². The molecule has 0 bridgehead atoms.